The summed E-state index contributed by atoms with van der Waals surface area (Å²) in [6, 6.07) is 8.89. The molecule has 19 heavy (non-hydrogen) atoms. The van der Waals surface area contributed by atoms with Crippen molar-refractivity contribution in [2.75, 3.05) is 18.2 Å². The Morgan fingerprint density at radius 2 is 1.79 bits per heavy atom. The van der Waals surface area contributed by atoms with E-state index in [1.165, 1.54) is 0 Å². The van der Waals surface area contributed by atoms with Crippen LogP contribution in [0.4, 0.5) is 17.1 Å². The molecule has 0 bridgehead atoms. The normalized spacial score (nSPS) is 10.3. The van der Waals surface area contributed by atoms with Gasteiger partial charge in [0.1, 0.15) is 5.75 Å². The molecule has 0 saturated carbocycles. The van der Waals surface area contributed by atoms with E-state index in [0.29, 0.717) is 27.2 Å². The summed E-state index contributed by atoms with van der Waals surface area (Å²) < 4.78 is 6.10. The van der Waals surface area contributed by atoms with Crippen molar-refractivity contribution in [1.82, 2.24) is 0 Å². The third kappa shape index (κ3) is 3.26. The number of methoxy groups -OCH3 is 1. The summed E-state index contributed by atoms with van der Waals surface area (Å²) in [7, 11) is 1.60. The number of halogens is 3. The molecule has 0 heterocycles. The number of hydrogen-bond acceptors (Lipinski definition) is 3. The summed E-state index contributed by atoms with van der Waals surface area (Å²) >= 11 is 15.6. The van der Waals surface area contributed by atoms with E-state index in [9.17, 15) is 0 Å². The van der Waals surface area contributed by atoms with Crippen LogP contribution in [0.3, 0.4) is 0 Å². The quantitative estimate of drug-likeness (QED) is 0.748. The van der Waals surface area contributed by atoms with E-state index in [1.54, 1.807) is 19.2 Å². The minimum atomic E-state index is 0.465. The number of benzene rings is 2. The van der Waals surface area contributed by atoms with Crippen LogP contribution >= 0.6 is 39.1 Å². The van der Waals surface area contributed by atoms with Gasteiger partial charge < -0.3 is 15.8 Å². The van der Waals surface area contributed by atoms with Gasteiger partial charge in [0.2, 0.25) is 0 Å². The minimum absolute atomic E-state index is 0.465. The summed E-state index contributed by atoms with van der Waals surface area (Å²) in [5.41, 5.74) is 7.61. The monoisotopic (exact) mass is 360 g/mol. The second-order valence-electron chi connectivity index (χ2n) is 3.83. The molecule has 3 nitrogen and oxygen atoms in total. The highest BCUT2D eigenvalue weighted by Crippen LogP contribution is 2.36. The van der Waals surface area contributed by atoms with Crippen molar-refractivity contribution in [3.8, 4) is 5.75 Å². The fraction of sp³-hybridized carbons (Fsp3) is 0.0769. The molecule has 0 aliphatic rings. The molecule has 0 unspecified atom stereocenters. The van der Waals surface area contributed by atoms with Gasteiger partial charge >= 0.3 is 0 Å². The molecule has 100 valence electrons. The summed E-state index contributed by atoms with van der Waals surface area (Å²) in [6.07, 6.45) is 0. The molecule has 0 aliphatic carbocycles. The van der Waals surface area contributed by atoms with Gasteiger partial charge in [-0.2, -0.15) is 0 Å². The van der Waals surface area contributed by atoms with Crippen LogP contribution in [0, 0.1) is 0 Å². The van der Waals surface area contributed by atoms with Crippen LogP contribution in [-0.4, -0.2) is 7.11 Å². The Labute approximate surface area is 129 Å². The Balaban J connectivity index is 2.36. The summed E-state index contributed by atoms with van der Waals surface area (Å²) in [6.45, 7) is 0. The molecular formula is C13H11BrCl2N2O. The molecule has 0 spiro atoms. The van der Waals surface area contributed by atoms with Crippen LogP contribution < -0.4 is 15.8 Å². The second-order valence-corrected chi connectivity index (χ2v) is 5.50. The minimum Gasteiger partial charge on any atom is -0.495 e. The molecular weight excluding hydrogens is 351 g/mol. The molecule has 0 saturated heterocycles. The highest BCUT2D eigenvalue weighted by atomic mass is 79.9. The molecule has 2 aromatic carbocycles. The van der Waals surface area contributed by atoms with Crippen LogP contribution in [0.25, 0.3) is 0 Å². The number of nitrogens with one attached hydrogen (secondary N) is 1. The van der Waals surface area contributed by atoms with Crippen molar-refractivity contribution >= 4 is 56.2 Å². The predicted octanol–water partition coefficient (Wildman–Crippen LogP) is 5.09. The smallest absolute Gasteiger partial charge is 0.135 e. The SMILES string of the molecule is COc1cc(Nc2c(Cl)cc(N)cc2Cl)ccc1Br. The van der Waals surface area contributed by atoms with E-state index in [-0.39, 0.29) is 0 Å². The lowest BCUT2D eigenvalue weighted by atomic mass is 10.2. The third-order valence-corrected chi connectivity index (χ3v) is 3.74. The molecule has 6 heteroatoms. The van der Waals surface area contributed by atoms with Crippen LogP contribution in [0.2, 0.25) is 10.0 Å². The molecule has 0 aromatic heterocycles. The average molecular weight is 362 g/mol. The first-order valence-corrected chi connectivity index (χ1v) is 6.91. The lowest BCUT2D eigenvalue weighted by Gasteiger charge is -2.13. The van der Waals surface area contributed by atoms with Crippen LogP contribution in [0.1, 0.15) is 0 Å². The lowest BCUT2D eigenvalue weighted by Crippen LogP contribution is -1.95. The lowest BCUT2D eigenvalue weighted by molar-refractivity contribution is 0.412. The zero-order chi connectivity index (χ0) is 14.0. The topological polar surface area (TPSA) is 47.3 Å². The zero-order valence-corrected chi connectivity index (χ0v) is 13.1. The Hall–Kier alpha value is -1.10. The fourth-order valence-electron chi connectivity index (χ4n) is 1.59. The highest BCUT2D eigenvalue weighted by Gasteiger charge is 2.09. The van der Waals surface area contributed by atoms with E-state index in [0.717, 1.165) is 10.2 Å². The summed E-state index contributed by atoms with van der Waals surface area (Å²) in [5, 5.41) is 4.08. The number of nitrogens with two attached hydrogens (primary N) is 1. The fourth-order valence-corrected chi connectivity index (χ4v) is 2.60. The molecule has 0 radical (unpaired) electrons. The standard InChI is InChI=1S/C13H11BrCl2N2O/c1-19-12-6-8(2-3-9(12)14)18-13-10(15)4-7(17)5-11(13)16/h2-6,18H,17H2,1H3. The predicted molar refractivity (Wildman–Crippen MR) is 84.9 cm³/mol. The maximum absolute atomic E-state index is 6.12. The van der Waals surface area contributed by atoms with Crippen molar-refractivity contribution < 1.29 is 4.74 Å². The molecule has 0 aliphatic heterocycles. The van der Waals surface area contributed by atoms with Crippen LogP contribution in [-0.2, 0) is 0 Å². The number of nitrogen functional groups attached to an aromatic ring is 1. The van der Waals surface area contributed by atoms with Crippen molar-refractivity contribution in [3.05, 3.63) is 44.8 Å². The van der Waals surface area contributed by atoms with E-state index in [2.05, 4.69) is 21.2 Å². The Morgan fingerprint density at radius 1 is 1.16 bits per heavy atom. The average Bonchev–Trinajstić information content (AvgIpc) is 2.35. The third-order valence-electron chi connectivity index (χ3n) is 2.48. The van der Waals surface area contributed by atoms with Gasteiger partial charge in [0.15, 0.2) is 0 Å². The van der Waals surface area contributed by atoms with Gasteiger partial charge in [-0.05, 0) is 40.2 Å². The Bertz CT molecular complexity index is 597. The van der Waals surface area contributed by atoms with E-state index in [1.807, 2.05) is 18.2 Å². The number of rotatable bonds is 3. The summed E-state index contributed by atoms with van der Waals surface area (Å²) in [4.78, 5) is 0. The largest absolute Gasteiger partial charge is 0.495 e. The first-order chi connectivity index (χ1) is 9.01. The van der Waals surface area contributed by atoms with Gasteiger partial charge in [-0.15, -0.1) is 0 Å². The first-order valence-electron chi connectivity index (χ1n) is 5.36. The van der Waals surface area contributed by atoms with Crippen molar-refractivity contribution in [2.45, 2.75) is 0 Å². The highest BCUT2D eigenvalue weighted by molar-refractivity contribution is 9.10. The first kappa shape index (κ1) is 14.3. The van der Waals surface area contributed by atoms with Crippen molar-refractivity contribution in [2.24, 2.45) is 0 Å². The maximum Gasteiger partial charge on any atom is 0.135 e. The number of hydrogen-bond donors (Lipinski definition) is 2. The number of ether oxygens (including phenoxy) is 1. The van der Waals surface area contributed by atoms with E-state index >= 15 is 0 Å². The zero-order valence-electron chi connectivity index (χ0n) is 10.0. The maximum atomic E-state index is 6.12. The van der Waals surface area contributed by atoms with Crippen molar-refractivity contribution in [3.63, 3.8) is 0 Å². The second kappa shape index (κ2) is 5.90. The molecule has 2 aromatic rings. The summed E-state index contributed by atoms with van der Waals surface area (Å²) in [5.74, 6) is 0.715. The van der Waals surface area contributed by atoms with Crippen molar-refractivity contribution in [1.29, 1.82) is 0 Å². The van der Waals surface area contributed by atoms with Gasteiger partial charge in [0, 0.05) is 17.4 Å². The van der Waals surface area contributed by atoms with Gasteiger partial charge in [0.05, 0.1) is 27.3 Å². The van der Waals surface area contributed by atoms with Crippen LogP contribution in [0.15, 0.2) is 34.8 Å². The van der Waals surface area contributed by atoms with Gasteiger partial charge in [0.25, 0.3) is 0 Å². The molecule has 2 rings (SSSR count). The van der Waals surface area contributed by atoms with Gasteiger partial charge in [-0.1, -0.05) is 23.2 Å². The van der Waals surface area contributed by atoms with Gasteiger partial charge in [-0.3, -0.25) is 0 Å². The van der Waals surface area contributed by atoms with Crippen LogP contribution in [0.5, 0.6) is 5.75 Å². The Kier molecular flexibility index (Phi) is 4.45. The van der Waals surface area contributed by atoms with E-state index < -0.39 is 0 Å². The van der Waals surface area contributed by atoms with E-state index in [4.69, 9.17) is 33.7 Å². The molecule has 0 atom stereocenters. The van der Waals surface area contributed by atoms with Gasteiger partial charge in [-0.25, -0.2) is 0 Å². The molecule has 0 fully saturated rings. The number of anilines is 3. The Morgan fingerprint density at radius 3 is 2.37 bits per heavy atom. The molecule has 3 N–H and O–H groups in total. The molecule has 0 amide bonds.